The number of aromatic nitrogens is 2. The maximum absolute atomic E-state index is 2.28. The van der Waals surface area contributed by atoms with Crippen LogP contribution < -0.4 is 4.57 Å². The Balaban J connectivity index is 1.82. The molecule has 2 heterocycles. The second-order valence-electron chi connectivity index (χ2n) is 4.19. The van der Waals surface area contributed by atoms with E-state index in [1.165, 1.54) is 11.2 Å². The predicted octanol–water partition coefficient (Wildman–Crippen LogP) is 2.47. The minimum absolute atomic E-state index is 1.02. The first-order chi connectivity index (χ1) is 8.43. The number of pyridine rings is 1. The average Bonchev–Trinajstić information content (AvgIpc) is 2.81. The minimum atomic E-state index is 1.02. The van der Waals surface area contributed by atoms with E-state index in [9.17, 15) is 0 Å². The largest absolute Gasteiger partial charge is 0.286 e. The van der Waals surface area contributed by atoms with Gasteiger partial charge in [-0.15, -0.1) is 0 Å². The van der Waals surface area contributed by atoms with Crippen molar-refractivity contribution in [2.45, 2.75) is 13.0 Å². The lowest BCUT2D eigenvalue weighted by molar-refractivity contribution is -0.670. The van der Waals surface area contributed by atoms with Crippen LogP contribution in [0.25, 0.3) is 5.65 Å². The van der Waals surface area contributed by atoms with Crippen LogP contribution in [0.3, 0.4) is 0 Å². The molecule has 2 aromatic heterocycles. The van der Waals surface area contributed by atoms with Gasteiger partial charge in [-0.2, -0.15) is 0 Å². The van der Waals surface area contributed by atoms with E-state index in [0.717, 1.165) is 13.0 Å². The van der Waals surface area contributed by atoms with Gasteiger partial charge in [-0.05, 0) is 11.6 Å². The first-order valence-corrected chi connectivity index (χ1v) is 5.92. The highest BCUT2D eigenvalue weighted by Gasteiger charge is 2.07. The number of nitrogens with zero attached hydrogens (tertiary/aromatic N) is 2. The van der Waals surface area contributed by atoms with Gasteiger partial charge >= 0.3 is 0 Å². The fraction of sp³-hybridized carbons (Fsp3) is 0.133. The third-order valence-electron chi connectivity index (χ3n) is 3.05. The van der Waals surface area contributed by atoms with Crippen LogP contribution in [0.15, 0.2) is 67.1 Å². The molecule has 0 bridgehead atoms. The normalized spacial score (nSPS) is 10.8. The lowest BCUT2D eigenvalue weighted by atomic mass is 10.1. The molecule has 2 nitrogen and oxygen atoms in total. The van der Waals surface area contributed by atoms with Gasteiger partial charge in [0.15, 0.2) is 0 Å². The summed E-state index contributed by atoms with van der Waals surface area (Å²) in [6.45, 7) is 1.02. The molecule has 0 spiro atoms. The van der Waals surface area contributed by atoms with Crippen molar-refractivity contribution >= 4 is 5.65 Å². The zero-order chi connectivity index (χ0) is 11.5. The van der Waals surface area contributed by atoms with Crippen LogP contribution in [0.4, 0.5) is 0 Å². The molecule has 0 aliphatic heterocycles. The van der Waals surface area contributed by atoms with Crippen molar-refractivity contribution < 1.29 is 4.57 Å². The van der Waals surface area contributed by atoms with Crippen molar-refractivity contribution in [3.05, 3.63) is 72.7 Å². The first kappa shape index (κ1) is 10.1. The molecular weight excluding hydrogens is 208 g/mol. The molecule has 3 aromatic rings. The van der Waals surface area contributed by atoms with Crippen LogP contribution in [-0.4, -0.2) is 4.40 Å². The number of aryl methyl sites for hydroxylation is 2. The van der Waals surface area contributed by atoms with Gasteiger partial charge in [0, 0.05) is 12.5 Å². The Bertz CT molecular complexity index is 611. The summed E-state index contributed by atoms with van der Waals surface area (Å²) in [5.41, 5.74) is 2.62. The third-order valence-corrected chi connectivity index (χ3v) is 3.05. The molecule has 0 unspecified atom stereocenters. The van der Waals surface area contributed by atoms with Gasteiger partial charge in [0.2, 0.25) is 0 Å². The molecule has 0 aliphatic carbocycles. The van der Waals surface area contributed by atoms with Crippen molar-refractivity contribution in [2.75, 3.05) is 0 Å². The molecular formula is C15H15N2+. The summed E-state index contributed by atoms with van der Waals surface area (Å²) in [6.07, 6.45) is 7.38. The average molecular weight is 223 g/mol. The predicted molar refractivity (Wildman–Crippen MR) is 67.7 cm³/mol. The Hall–Kier alpha value is -2.09. The number of benzene rings is 1. The van der Waals surface area contributed by atoms with E-state index in [2.05, 4.69) is 76.1 Å². The number of hydrogen-bond donors (Lipinski definition) is 0. The van der Waals surface area contributed by atoms with E-state index < -0.39 is 0 Å². The van der Waals surface area contributed by atoms with Gasteiger partial charge in [-0.1, -0.05) is 36.4 Å². The fourth-order valence-corrected chi connectivity index (χ4v) is 2.13. The molecule has 0 amide bonds. The van der Waals surface area contributed by atoms with E-state index >= 15 is 0 Å². The Kier molecular flexibility index (Phi) is 2.62. The SMILES string of the molecule is c1ccc(CC[n+]2ccn3ccccc32)cc1. The van der Waals surface area contributed by atoms with Crippen LogP contribution in [-0.2, 0) is 13.0 Å². The molecule has 0 saturated carbocycles. The van der Waals surface area contributed by atoms with E-state index in [4.69, 9.17) is 0 Å². The zero-order valence-electron chi connectivity index (χ0n) is 9.66. The third kappa shape index (κ3) is 2.07. The van der Waals surface area contributed by atoms with Crippen molar-refractivity contribution in [1.82, 2.24) is 4.40 Å². The Morgan fingerprint density at radius 3 is 2.59 bits per heavy atom. The maximum atomic E-state index is 2.28. The van der Waals surface area contributed by atoms with Crippen molar-refractivity contribution in [2.24, 2.45) is 0 Å². The highest BCUT2D eigenvalue weighted by molar-refractivity contribution is 5.30. The molecule has 1 aromatic carbocycles. The summed E-state index contributed by atoms with van der Waals surface area (Å²) in [6, 6.07) is 16.9. The van der Waals surface area contributed by atoms with E-state index in [0.29, 0.717) is 0 Å². The lowest BCUT2D eigenvalue weighted by Gasteiger charge is -1.99. The van der Waals surface area contributed by atoms with Crippen molar-refractivity contribution in [3.8, 4) is 0 Å². The summed E-state index contributed by atoms with van der Waals surface area (Å²) in [7, 11) is 0. The maximum Gasteiger partial charge on any atom is 0.286 e. The number of imidazole rings is 1. The monoisotopic (exact) mass is 223 g/mol. The Morgan fingerprint density at radius 2 is 1.71 bits per heavy atom. The van der Waals surface area contributed by atoms with Gasteiger partial charge in [0.05, 0.1) is 12.7 Å². The molecule has 0 radical (unpaired) electrons. The highest BCUT2D eigenvalue weighted by atomic mass is 15.1. The molecule has 3 rings (SSSR count). The van der Waals surface area contributed by atoms with E-state index in [1.807, 2.05) is 0 Å². The number of fused-ring (bicyclic) bond motifs is 1. The zero-order valence-corrected chi connectivity index (χ0v) is 9.66. The summed E-state index contributed by atoms with van der Waals surface area (Å²) in [5, 5.41) is 0. The number of hydrogen-bond acceptors (Lipinski definition) is 0. The summed E-state index contributed by atoms with van der Waals surface area (Å²) in [4.78, 5) is 0. The Labute approximate surface area is 101 Å². The standard InChI is InChI=1S/C15H15N2/c1-2-6-14(7-3-1)9-11-17-13-12-16-10-5-4-8-15(16)17/h1-8,10,12-13H,9,11H2/q+1. The van der Waals surface area contributed by atoms with E-state index in [1.54, 1.807) is 0 Å². The number of rotatable bonds is 3. The second kappa shape index (κ2) is 4.42. The molecule has 0 aliphatic rings. The topological polar surface area (TPSA) is 8.29 Å². The van der Waals surface area contributed by atoms with Gasteiger partial charge in [-0.25, -0.2) is 8.97 Å². The molecule has 2 heteroatoms. The van der Waals surface area contributed by atoms with E-state index in [-0.39, 0.29) is 0 Å². The molecule has 0 saturated heterocycles. The first-order valence-electron chi connectivity index (χ1n) is 5.92. The van der Waals surface area contributed by atoms with Crippen LogP contribution in [0, 0.1) is 0 Å². The quantitative estimate of drug-likeness (QED) is 0.603. The van der Waals surface area contributed by atoms with Gasteiger partial charge < -0.3 is 0 Å². The van der Waals surface area contributed by atoms with Gasteiger partial charge in [-0.3, -0.25) is 0 Å². The van der Waals surface area contributed by atoms with Gasteiger partial charge in [0.25, 0.3) is 5.65 Å². The molecule has 84 valence electrons. The van der Waals surface area contributed by atoms with Crippen molar-refractivity contribution in [1.29, 1.82) is 0 Å². The lowest BCUT2D eigenvalue weighted by Crippen LogP contribution is -2.33. The van der Waals surface area contributed by atoms with Crippen LogP contribution in [0.1, 0.15) is 5.56 Å². The summed E-state index contributed by atoms with van der Waals surface area (Å²) >= 11 is 0. The molecule has 0 N–H and O–H groups in total. The van der Waals surface area contributed by atoms with Crippen LogP contribution in [0.5, 0.6) is 0 Å². The van der Waals surface area contributed by atoms with Crippen molar-refractivity contribution in [3.63, 3.8) is 0 Å². The summed E-state index contributed by atoms with van der Waals surface area (Å²) in [5.74, 6) is 0. The minimum Gasteiger partial charge on any atom is -0.230 e. The second-order valence-corrected chi connectivity index (χ2v) is 4.19. The molecule has 0 atom stereocenters. The van der Waals surface area contributed by atoms with Crippen LogP contribution in [0.2, 0.25) is 0 Å². The smallest absolute Gasteiger partial charge is 0.230 e. The highest BCUT2D eigenvalue weighted by Crippen LogP contribution is 2.01. The van der Waals surface area contributed by atoms with Crippen LogP contribution >= 0.6 is 0 Å². The molecule has 0 fully saturated rings. The molecule has 17 heavy (non-hydrogen) atoms. The fourth-order valence-electron chi connectivity index (χ4n) is 2.13. The Morgan fingerprint density at radius 1 is 0.882 bits per heavy atom. The van der Waals surface area contributed by atoms with Gasteiger partial charge in [0.1, 0.15) is 12.4 Å². The summed E-state index contributed by atoms with van der Waals surface area (Å²) < 4.78 is 4.43.